The van der Waals surface area contributed by atoms with Crippen molar-refractivity contribution in [3.63, 3.8) is 0 Å². The van der Waals surface area contributed by atoms with E-state index in [9.17, 15) is 4.79 Å². The summed E-state index contributed by atoms with van der Waals surface area (Å²) >= 11 is 0. The number of aryl methyl sites for hydroxylation is 2. The van der Waals surface area contributed by atoms with E-state index in [0.717, 1.165) is 42.7 Å². The molecule has 0 atom stereocenters. The second kappa shape index (κ2) is 6.40. The molecule has 0 bridgehead atoms. The molecule has 6 heteroatoms. The van der Waals surface area contributed by atoms with Crippen LogP contribution in [0.3, 0.4) is 0 Å². The van der Waals surface area contributed by atoms with Crippen LogP contribution in [-0.4, -0.2) is 38.9 Å². The van der Waals surface area contributed by atoms with Gasteiger partial charge in [-0.05, 0) is 37.8 Å². The normalized spacial score (nSPS) is 15.5. The highest BCUT2D eigenvalue weighted by Crippen LogP contribution is 2.23. The number of likely N-dealkylation sites (tertiary alicyclic amines) is 1. The molecular formula is C17H23N5O. The second-order valence-corrected chi connectivity index (χ2v) is 6.18. The Labute approximate surface area is 136 Å². The van der Waals surface area contributed by atoms with Crippen LogP contribution < -0.4 is 5.73 Å². The number of amides is 1. The molecule has 1 aromatic carbocycles. The first-order valence-corrected chi connectivity index (χ1v) is 8.16. The maximum atomic E-state index is 12.7. The third-order valence-electron chi connectivity index (χ3n) is 4.45. The number of hydrogen-bond donors (Lipinski definition) is 1. The molecule has 23 heavy (non-hydrogen) atoms. The average molecular weight is 313 g/mol. The molecule has 1 fully saturated rings. The van der Waals surface area contributed by atoms with Gasteiger partial charge in [-0.25, -0.2) is 0 Å². The lowest BCUT2D eigenvalue weighted by Gasteiger charge is -2.19. The Morgan fingerprint density at radius 1 is 1.09 bits per heavy atom. The molecule has 0 saturated carbocycles. The molecule has 3 rings (SSSR count). The minimum atomic E-state index is -0.109. The summed E-state index contributed by atoms with van der Waals surface area (Å²) in [5.41, 5.74) is 9.47. The van der Waals surface area contributed by atoms with Crippen molar-refractivity contribution in [2.75, 3.05) is 18.8 Å². The summed E-state index contributed by atoms with van der Waals surface area (Å²) in [4.78, 5) is 14.6. The monoisotopic (exact) mass is 313 g/mol. The van der Waals surface area contributed by atoms with Crippen molar-refractivity contribution in [2.24, 2.45) is 0 Å². The van der Waals surface area contributed by atoms with E-state index in [1.54, 1.807) is 4.68 Å². The van der Waals surface area contributed by atoms with Gasteiger partial charge in [0.1, 0.15) is 0 Å². The maximum absolute atomic E-state index is 12.7. The van der Waals surface area contributed by atoms with E-state index < -0.39 is 0 Å². The van der Waals surface area contributed by atoms with Crippen molar-refractivity contribution in [3.05, 3.63) is 35.0 Å². The molecule has 122 valence electrons. The summed E-state index contributed by atoms with van der Waals surface area (Å²) in [5.74, 6) is 0.207. The molecule has 0 unspecified atom stereocenters. The average Bonchev–Trinajstić information content (AvgIpc) is 2.75. The van der Waals surface area contributed by atoms with E-state index in [1.165, 1.54) is 12.8 Å². The van der Waals surface area contributed by atoms with E-state index in [1.807, 2.05) is 36.9 Å². The third kappa shape index (κ3) is 2.93. The van der Waals surface area contributed by atoms with Crippen molar-refractivity contribution in [1.82, 2.24) is 19.9 Å². The number of nitrogens with two attached hydrogens (primary N) is 1. The summed E-state index contributed by atoms with van der Waals surface area (Å²) in [7, 11) is 0. The molecule has 1 aliphatic heterocycles. The summed E-state index contributed by atoms with van der Waals surface area (Å²) in [6, 6.07) is 5.99. The standard InChI is InChI=1S/C17H23N5O/c1-12-8-7-9-13(2)15(12)22-16(18)14(19-20-22)17(23)21-10-5-3-4-6-11-21/h7-9H,3-6,10-11,18H2,1-2H3. The summed E-state index contributed by atoms with van der Waals surface area (Å²) < 4.78 is 1.58. The van der Waals surface area contributed by atoms with Gasteiger partial charge in [-0.2, -0.15) is 4.68 Å². The van der Waals surface area contributed by atoms with Crippen molar-refractivity contribution in [3.8, 4) is 5.69 Å². The highest BCUT2D eigenvalue weighted by atomic mass is 16.2. The Bertz CT molecular complexity index is 694. The minimum absolute atomic E-state index is 0.109. The van der Waals surface area contributed by atoms with Crippen LogP contribution in [0.1, 0.15) is 47.3 Å². The molecule has 0 aliphatic carbocycles. The second-order valence-electron chi connectivity index (χ2n) is 6.18. The number of hydrogen-bond acceptors (Lipinski definition) is 4. The molecule has 6 nitrogen and oxygen atoms in total. The van der Waals surface area contributed by atoms with Crippen LogP contribution in [0.25, 0.3) is 5.69 Å². The number of nitrogen functional groups attached to an aromatic ring is 1. The highest BCUT2D eigenvalue weighted by molar-refractivity contribution is 5.96. The molecule has 0 radical (unpaired) electrons. The van der Waals surface area contributed by atoms with E-state index in [4.69, 9.17) is 5.73 Å². The SMILES string of the molecule is Cc1cccc(C)c1-n1nnc(C(=O)N2CCCCCC2)c1N. The van der Waals surface area contributed by atoms with Gasteiger partial charge < -0.3 is 10.6 Å². The van der Waals surface area contributed by atoms with Gasteiger partial charge in [0, 0.05) is 13.1 Å². The van der Waals surface area contributed by atoms with Crippen molar-refractivity contribution in [1.29, 1.82) is 0 Å². The van der Waals surface area contributed by atoms with Crippen molar-refractivity contribution < 1.29 is 4.79 Å². The van der Waals surface area contributed by atoms with Gasteiger partial charge in [-0.1, -0.05) is 36.3 Å². The molecule has 2 N–H and O–H groups in total. The number of carbonyl (C=O) groups excluding carboxylic acids is 1. The number of rotatable bonds is 2. The molecule has 2 aromatic rings. The largest absolute Gasteiger partial charge is 0.382 e. The first-order valence-electron chi connectivity index (χ1n) is 8.16. The number of carbonyl (C=O) groups is 1. The smallest absolute Gasteiger partial charge is 0.278 e. The fourth-order valence-electron chi connectivity index (χ4n) is 3.17. The molecule has 1 aromatic heterocycles. The van der Waals surface area contributed by atoms with Gasteiger partial charge in [-0.15, -0.1) is 5.10 Å². The molecule has 1 amide bonds. The quantitative estimate of drug-likeness (QED) is 0.924. The zero-order valence-electron chi connectivity index (χ0n) is 13.7. The van der Waals surface area contributed by atoms with Gasteiger partial charge in [0.2, 0.25) is 0 Å². The highest BCUT2D eigenvalue weighted by Gasteiger charge is 2.25. The van der Waals surface area contributed by atoms with E-state index in [-0.39, 0.29) is 11.6 Å². The molecule has 0 spiro atoms. The van der Waals surface area contributed by atoms with Crippen LogP contribution in [0.15, 0.2) is 18.2 Å². The summed E-state index contributed by atoms with van der Waals surface area (Å²) in [6.45, 7) is 5.54. The number of aromatic nitrogens is 3. The maximum Gasteiger partial charge on any atom is 0.278 e. The number of anilines is 1. The topological polar surface area (TPSA) is 77.0 Å². The first kappa shape index (κ1) is 15.5. The number of benzene rings is 1. The van der Waals surface area contributed by atoms with Gasteiger partial charge in [0.25, 0.3) is 5.91 Å². The zero-order valence-corrected chi connectivity index (χ0v) is 13.7. The lowest BCUT2D eigenvalue weighted by molar-refractivity contribution is 0.0757. The van der Waals surface area contributed by atoms with Crippen molar-refractivity contribution >= 4 is 11.7 Å². The summed E-state index contributed by atoms with van der Waals surface area (Å²) in [6.07, 6.45) is 4.43. The number of nitrogens with zero attached hydrogens (tertiary/aromatic N) is 4. The lowest BCUT2D eigenvalue weighted by atomic mass is 10.1. The Balaban J connectivity index is 1.94. The summed E-state index contributed by atoms with van der Waals surface area (Å²) in [5, 5.41) is 8.22. The van der Waals surface area contributed by atoms with Crippen LogP contribution >= 0.6 is 0 Å². The van der Waals surface area contributed by atoms with Crippen LogP contribution in [0, 0.1) is 13.8 Å². The number of para-hydroxylation sites is 1. The Morgan fingerprint density at radius 2 is 1.70 bits per heavy atom. The van der Waals surface area contributed by atoms with Gasteiger partial charge in [0.05, 0.1) is 5.69 Å². The predicted octanol–water partition coefficient (Wildman–Crippen LogP) is 2.48. The van der Waals surface area contributed by atoms with E-state index in [2.05, 4.69) is 10.3 Å². The van der Waals surface area contributed by atoms with Crippen LogP contribution in [0.4, 0.5) is 5.82 Å². The third-order valence-corrected chi connectivity index (χ3v) is 4.45. The molecule has 2 heterocycles. The molecule has 1 aliphatic rings. The zero-order chi connectivity index (χ0) is 16.4. The lowest BCUT2D eigenvalue weighted by Crippen LogP contribution is -2.32. The van der Waals surface area contributed by atoms with Crippen LogP contribution in [0.2, 0.25) is 0 Å². The van der Waals surface area contributed by atoms with Gasteiger partial charge in [0.15, 0.2) is 11.5 Å². The van der Waals surface area contributed by atoms with Gasteiger partial charge >= 0.3 is 0 Å². The molecular weight excluding hydrogens is 290 g/mol. The van der Waals surface area contributed by atoms with Gasteiger partial charge in [-0.3, -0.25) is 4.79 Å². The fourth-order valence-corrected chi connectivity index (χ4v) is 3.17. The first-order chi connectivity index (χ1) is 11.1. The van der Waals surface area contributed by atoms with Crippen LogP contribution in [0.5, 0.6) is 0 Å². The van der Waals surface area contributed by atoms with E-state index >= 15 is 0 Å². The Kier molecular flexibility index (Phi) is 4.32. The van der Waals surface area contributed by atoms with Crippen molar-refractivity contribution in [2.45, 2.75) is 39.5 Å². The van der Waals surface area contributed by atoms with Crippen LogP contribution in [-0.2, 0) is 0 Å². The Hall–Kier alpha value is -2.37. The fraction of sp³-hybridized carbons (Fsp3) is 0.471. The Morgan fingerprint density at radius 3 is 2.30 bits per heavy atom. The predicted molar refractivity (Wildman–Crippen MR) is 89.6 cm³/mol. The minimum Gasteiger partial charge on any atom is -0.382 e. The van der Waals surface area contributed by atoms with E-state index in [0.29, 0.717) is 5.82 Å². The molecule has 1 saturated heterocycles.